The molecule has 38 heavy (non-hydrogen) atoms. The normalized spacial score (nSPS) is 25.5. The predicted octanol–water partition coefficient (Wildman–Crippen LogP) is 0.121. The molecule has 1 amide bonds. The summed E-state index contributed by atoms with van der Waals surface area (Å²) in [4.78, 5) is 58.1. The number of fused-ring (bicyclic) bond motifs is 2. The van der Waals surface area contributed by atoms with Crippen LogP contribution < -0.4 is 10.5 Å². The maximum absolute atomic E-state index is 13.9. The van der Waals surface area contributed by atoms with E-state index >= 15 is 0 Å². The topological polar surface area (TPSA) is 180 Å². The second-order valence-electron chi connectivity index (χ2n) is 10.2. The van der Waals surface area contributed by atoms with E-state index < -0.39 is 65.7 Å². The van der Waals surface area contributed by atoms with Crippen molar-refractivity contribution in [2.24, 2.45) is 23.5 Å². The van der Waals surface area contributed by atoms with Crippen molar-refractivity contribution in [2.75, 3.05) is 27.8 Å². The number of methoxy groups -OCH3 is 1. The number of carbonyl (C=O) groups is 4. The highest BCUT2D eigenvalue weighted by Crippen LogP contribution is 2.49. The number of primary amides is 1. The number of aromatic hydroxyl groups is 1. The number of pyridine rings is 1. The van der Waals surface area contributed by atoms with Crippen LogP contribution in [0.1, 0.15) is 28.8 Å². The molecule has 2 aromatic rings. The summed E-state index contributed by atoms with van der Waals surface area (Å²) in [5.41, 5.74) is 4.19. The molecular formula is C27H31N3O8. The molecule has 2 aliphatic carbocycles. The molecule has 5 atom stereocenters. The molecule has 0 bridgehead atoms. The van der Waals surface area contributed by atoms with Crippen LogP contribution in [0.25, 0.3) is 11.1 Å². The number of ether oxygens (including phenoxy) is 1. The third kappa shape index (κ3) is 4.36. The molecule has 0 saturated heterocycles. The fourth-order valence-corrected chi connectivity index (χ4v) is 6.01. The third-order valence-electron chi connectivity index (χ3n) is 7.84. The van der Waals surface area contributed by atoms with Crippen molar-refractivity contribution >= 4 is 23.3 Å². The summed E-state index contributed by atoms with van der Waals surface area (Å²) in [6.07, 6.45) is 2.43. The van der Waals surface area contributed by atoms with Crippen LogP contribution in [0.2, 0.25) is 0 Å². The Morgan fingerprint density at radius 1 is 1.26 bits per heavy atom. The van der Waals surface area contributed by atoms with Crippen molar-refractivity contribution in [3.05, 3.63) is 41.7 Å². The Morgan fingerprint density at radius 3 is 2.58 bits per heavy atom. The van der Waals surface area contributed by atoms with Crippen LogP contribution in [0.3, 0.4) is 0 Å². The van der Waals surface area contributed by atoms with Crippen LogP contribution in [0.4, 0.5) is 0 Å². The van der Waals surface area contributed by atoms with Crippen LogP contribution in [0.15, 0.2) is 30.6 Å². The fraction of sp³-hybridized carbons (Fsp3) is 0.444. The van der Waals surface area contributed by atoms with Gasteiger partial charge in [0.1, 0.15) is 11.5 Å². The van der Waals surface area contributed by atoms with E-state index in [1.807, 2.05) is 0 Å². The maximum atomic E-state index is 13.9. The van der Waals surface area contributed by atoms with Gasteiger partial charge >= 0.3 is 0 Å². The number of hydrogen-bond donors (Lipinski definition) is 4. The minimum atomic E-state index is -2.72. The van der Waals surface area contributed by atoms with Crippen LogP contribution in [-0.4, -0.2) is 87.9 Å². The lowest BCUT2D eigenvalue weighted by Crippen LogP contribution is -2.67. The number of phenols is 1. The lowest BCUT2D eigenvalue weighted by Gasteiger charge is -2.49. The Balaban J connectivity index is 1.87. The molecule has 11 heteroatoms. The summed E-state index contributed by atoms with van der Waals surface area (Å²) >= 11 is 0. The van der Waals surface area contributed by atoms with Gasteiger partial charge in [-0.15, -0.1) is 0 Å². The molecule has 1 saturated carbocycles. The zero-order chi connectivity index (χ0) is 27.9. The second-order valence-corrected chi connectivity index (χ2v) is 10.2. The number of aromatic nitrogens is 1. The van der Waals surface area contributed by atoms with Crippen molar-refractivity contribution in [1.29, 1.82) is 0 Å². The van der Waals surface area contributed by atoms with E-state index in [-0.39, 0.29) is 24.2 Å². The quantitative estimate of drug-likeness (QED) is 0.346. The van der Waals surface area contributed by atoms with Crippen molar-refractivity contribution < 1.29 is 39.2 Å². The van der Waals surface area contributed by atoms with Gasteiger partial charge in [0.2, 0.25) is 5.91 Å². The van der Waals surface area contributed by atoms with E-state index in [4.69, 9.17) is 10.5 Å². The van der Waals surface area contributed by atoms with Gasteiger partial charge in [0.25, 0.3) is 0 Å². The Labute approximate surface area is 219 Å². The zero-order valence-electron chi connectivity index (χ0n) is 21.4. The van der Waals surface area contributed by atoms with Gasteiger partial charge in [0.05, 0.1) is 37.8 Å². The number of nitrogens with two attached hydrogens (primary N) is 1. The number of phenolic OH excluding ortho intramolecular Hbond substituents is 1. The van der Waals surface area contributed by atoms with Crippen molar-refractivity contribution in [2.45, 2.75) is 30.9 Å². The average Bonchev–Trinajstić information content (AvgIpc) is 2.86. The molecule has 0 aliphatic heterocycles. The molecule has 5 N–H and O–H groups in total. The molecule has 0 spiro atoms. The molecule has 4 rings (SSSR count). The molecule has 11 nitrogen and oxygen atoms in total. The molecule has 1 heterocycles. The molecule has 0 radical (unpaired) electrons. The first-order valence-corrected chi connectivity index (χ1v) is 12.2. The van der Waals surface area contributed by atoms with Gasteiger partial charge in [-0.3, -0.25) is 24.2 Å². The molecule has 1 fully saturated rings. The molecule has 1 aromatic carbocycles. The van der Waals surface area contributed by atoms with Crippen LogP contribution >= 0.6 is 0 Å². The highest BCUT2D eigenvalue weighted by atomic mass is 16.5. The van der Waals surface area contributed by atoms with Crippen molar-refractivity contribution in [3.63, 3.8) is 0 Å². The lowest BCUT2D eigenvalue weighted by molar-refractivity contribution is -0.171. The van der Waals surface area contributed by atoms with Crippen LogP contribution in [-0.2, 0) is 20.8 Å². The minimum Gasteiger partial charge on any atom is -0.507 e. The first-order valence-electron chi connectivity index (χ1n) is 12.2. The summed E-state index contributed by atoms with van der Waals surface area (Å²) < 4.78 is 5.27. The zero-order valence-corrected chi connectivity index (χ0v) is 21.4. The minimum absolute atomic E-state index is 0.0253. The summed E-state index contributed by atoms with van der Waals surface area (Å²) in [7, 11) is 4.76. The number of benzene rings is 1. The second kappa shape index (κ2) is 10.2. The van der Waals surface area contributed by atoms with Gasteiger partial charge in [-0.25, -0.2) is 0 Å². The first kappa shape index (κ1) is 27.4. The van der Waals surface area contributed by atoms with Gasteiger partial charge < -0.3 is 30.7 Å². The Morgan fingerprint density at radius 2 is 1.97 bits per heavy atom. The SMILES string of the molecule is COc1cncc(-c2ccc(O)c3c2C[C@H]2C[C@@H](C(CO)N(C)C)[C@@](O)(C(=O)CC(N)=O)C(=O)C2C3=O)c1. The van der Waals surface area contributed by atoms with Crippen molar-refractivity contribution in [1.82, 2.24) is 9.88 Å². The predicted molar refractivity (Wildman–Crippen MR) is 134 cm³/mol. The summed E-state index contributed by atoms with van der Waals surface area (Å²) in [6.45, 7) is -0.486. The van der Waals surface area contributed by atoms with E-state index in [0.717, 1.165) is 0 Å². The smallest absolute Gasteiger partial charge is 0.225 e. The number of carbonyl (C=O) groups excluding carboxylic acids is 4. The highest BCUT2D eigenvalue weighted by Gasteiger charge is 2.62. The van der Waals surface area contributed by atoms with Gasteiger partial charge in [-0.2, -0.15) is 0 Å². The van der Waals surface area contributed by atoms with E-state index in [1.54, 1.807) is 37.3 Å². The molecule has 2 aliphatic rings. The molecule has 2 unspecified atom stereocenters. The van der Waals surface area contributed by atoms with Crippen molar-refractivity contribution in [3.8, 4) is 22.6 Å². The number of aliphatic hydroxyl groups is 2. The summed E-state index contributed by atoms with van der Waals surface area (Å²) in [6, 6.07) is 3.91. The summed E-state index contributed by atoms with van der Waals surface area (Å²) in [5, 5.41) is 32.5. The number of rotatable bonds is 8. The Hall–Kier alpha value is -3.67. The summed E-state index contributed by atoms with van der Waals surface area (Å²) in [5.74, 6) is -6.92. The van der Waals surface area contributed by atoms with Gasteiger partial charge in [0.15, 0.2) is 23.0 Å². The van der Waals surface area contributed by atoms with Gasteiger partial charge in [-0.1, -0.05) is 6.07 Å². The Kier molecular flexibility index (Phi) is 7.37. The number of aliphatic hydroxyl groups excluding tert-OH is 1. The number of amides is 1. The molecular weight excluding hydrogens is 494 g/mol. The third-order valence-corrected chi connectivity index (χ3v) is 7.84. The highest BCUT2D eigenvalue weighted by molar-refractivity contribution is 6.24. The van der Waals surface area contributed by atoms with Crippen LogP contribution in [0, 0.1) is 17.8 Å². The first-order chi connectivity index (χ1) is 17.9. The maximum Gasteiger partial charge on any atom is 0.225 e. The van der Waals surface area contributed by atoms with E-state index in [1.165, 1.54) is 19.4 Å². The molecule has 1 aromatic heterocycles. The largest absolute Gasteiger partial charge is 0.507 e. The number of hydrogen-bond acceptors (Lipinski definition) is 10. The number of nitrogens with zero attached hydrogens (tertiary/aromatic N) is 2. The molecule has 202 valence electrons. The lowest BCUT2D eigenvalue weighted by atomic mass is 9.56. The van der Waals surface area contributed by atoms with E-state index in [9.17, 15) is 34.5 Å². The van der Waals surface area contributed by atoms with E-state index in [0.29, 0.717) is 22.4 Å². The van der Waals surface area contributed by atoms with Crippen LogP contribution in [0.5, 0.6) is 11.5 Å². The number of ketones is 3. The van der Waals surface area contributed by atoms with E-state index in [2.05, 4.69) is 4.98 Å². The fourth-order valence-electron chi connectivity index (χ4n) is 6.01. The van der Waals surface area contributed by atoms with Gasteiger partial charge in [-0.05, 0) is 56.1 Å². The number of Topliss-reactive ketones (excluding diaryl/α,β-unsaturated/α-hetero) is 3. The standard InChI is InChI=1S/C27H31N3O8/c1-30(2)19(12-31)18-8-13-7-17-16(14-6-15(38-3)11-29-10-14)4-5-20(32)24(17)25(35)23(13)26(36)27(18,37)21(33)9-22(28)34/h4-6,10-11,13,18-19,23,31-32,37H,7-9,12H2,1-3H3,(H2,28,34)/t13-,18-,19?,23?,27+/m0/s1. The number of likely N-dealkylation sites (N-methyl/N-ethyl adjacent to an activating group) is 1. The monoisotopic (exact) mass is 525 g/mol. The van der Waals surface area contributed by atoms with Gasteiger partial charge in [0, 0.05) is 23.7 Å². The average molecular weight is 526 g/mol. The Bertz CT molecular complexity index is 1310.